The average molecular weight is 791 g/mol. The van der Waals surface area contributed by atoms with E-state index in [1.807, 2.05) is 78.7 Å². The number of piperazine rings is 2. The zero-order valence-corrected chi connectivity index (χ0v) is 36.4. The van der Waals surface area contributed by atoms with Crippen LogP contribution in [0.5, 0.6) is 0 Å². The minimum Gasteiger partial charge on any atom is -0.397 e. The summed E-state index contributed by atoms with van der Waals surface area (Å²) in [5.41, 5.74) is 4.17. The van der Waals surface area contributed by atoms with E-state index in [1.54, 1.807) is 23.6 Å². The van der Waals surface area contributed by atoms with Crippen molar-refractivity contribution in [1.82, 2.24) is 29.4 Å². The van der Waals surface area contributed by atoms with E-state index < -0.39 is 21.9 Å². The van der Waals surface area contributed by atoms with Gasteiger partial charge >= 0.3 is 0 Å². The lowest BCUT2D eigenvalue weighted by Gasteiger charge is -2.46. The number of carbonyl (C=O) groups excluding carboxylic acids is 4. The van der Waals surface area contributed by atoms with Crippen molar-refractivity contribution in [3.63, 3.8) is 0 Å². The molecule has 0 bridgehead atoms. The van der Waals surface area contributed by atoms with Crippen LogP contribution in [0.2, 0.25) is 0 Å². The van der Waals surface area contributed by atoms with E-state index in [-0.39, 0.29) is 39.1 Å². The van der Waals surface area contributed by atoms with Gasteiger partial charge in [0, 0.05) is 68.2 Å². The molecule has 302 valence electrons. The third-order valence-electron chi connectivity index (χ3n) is 9.82. The van der Waals surface area contributed by atoms with Crippen molar-refractivity contribution in [2.24, 2.45) is 0 Å². The van der Waals surface area contributed by atoms with Gasteiger partial charge in [-0.05, 0) is 72.8 Å². The summed E-state index contributed by atoms with van der Waals surface area (Å²) < 4.78 is 0. The number of nitrogens with two attached hydrogens (primary N) is 1. The van der Waals surface area contributed by atoms with Gasteiger partial charge in [0.25, 0.3) is 17.5 Å². The van der Waals surface area contributed by atoms with Crippen LogP contribution in [0, 0.1) is 10.1 Å². The number of nitrogens with zero attached hydrogens (tertiary/aromatic N) is 7. The van der Waals surface area contributed by atoms with E-state index in [0.717, 1.165) is 34.2 Å². The molecule has 0 aliphatic carbocycles. The second-order valence-corrected chi connectivity index (χ2v) is 19.8. The predicted molar refractivity (Wildman–Crippen MR) is 218 cm³/mol. The fraction of sp³-hybridized carbons (Fsp3) is 0.684. The Hall–Kier alpha value is -3.60. The number of hydrogen-bond acceptors (Lipinski definition) is 11. The smallest absolute Gasteiger partial charge is 0.293 e. The highest BCUT2D eigenvalue weighted by molar-refractivity contribution is 7.15. The zero-order chi connectivity index (χ0) is 41.3. The van der Waals surface area contributed by atoms with Gasteiger partial charge in [0.15, 0.2) is 4.88 Å². The molecule has 0 saturated carbocycles. The first-order valence-electron chi connectivity index (χ1n) is 18.3. The minimum atomic E-state index is -1.05. The highest BCUT2D eigenvalue weighted by atomic mass is 32.1. The molecule has 16 heteroatoms. The Kier molecular flexibility index (Phi) is 13.8. The second kappa shape index (κ2) is 16.6. The van der Waals surface area contributed by atoms with Crippen LogP contribution in [-0.2, 0) is 20.4 Å². The number of hydrogen-bond donors (Lipinski definition) is 1. The summed E-state index contributed by atoms with van der Waals surface area (Å²) in [7, 11) is 7.86. The van der Waals surface area contributed by atoms with Crippen molar-refractivity contribution in [1.29, 1.82) is 0 Å². The van der Waals surface area contributed by atoms with Crippen molar-refractivity contribution in [3.8, 4) is 0 Å². The van der Waals surface area contributed by atoms with Crippen LogP contribution < -0.4 is 5.73 Å². The van der Waals surface area contributed by atoms with Crippen LogP contribution in [0.1, 0.15) is 98.3 Å². The maximum atomic E-state index is 13.3. The second-order valence-electron chi connectivity index (χ2n) is 17.7. The van der Waals surface area contributed by atoms with Crippen LogP contribution in [0.4, 0.5) is 11.4 Å². The fourth-order valence-corrected chi connectivity index (χ4v) is 8.43. The lowest BCUT2D eigenvalue weighted by atomic mass is 9.94. The molecule has 2 aromatic rings. The molecule has 4 heterocycles. The molecule has 0 spiro atoms. The zero-order valence-electron chi connectivity index (χ0n) is 34.8. The molecule has 4 amide bonds. The van der Waals surface area contributed by atoms with E-state index in [1.165, 1.54) is 22.3 Å². The highest BCUT2D eigenvalue weighted by Gasteiger charge is 2.47. The first kappa shape index (κ1) is 44.8. The number of thiophene rings is 2. The van der Waals surface area contributed by atoms with Gasteiger partial charge in [-0.1, -0.05) is 41.5 Å². The molecule has 4 rings (SSSR count). The van der Waals surface area contributed by atoms with Gasteiger partial charge in [0.05, 0.1) is 10.6 Å². The van der Waals surface area contributed by atoms with Gasteiger partial charge in [0.1, 0.15) is 16.0 Å². The molecule has 0 radical (unpaired) electrons. The maximum Gasteiger partial charge on any atom is 0.293 e. The monoisotopic (exact) mass is 790 g/mol. The van der Waals surface area contributed by atoms with Gasteiger partial charge in [-0.25, -0.2) is 0 Å². The summed E-state index contributed by atoms with van der Waals surface area (Å²) >= 11 is 2.59. The van der Waals surface area contributed by atoms with Crippen molar-refractivity contribution in [2.45, 2.75) is 91.1 Å². The SMILES string of the molecule is CN(C)CCN1CCN(C(=O)c2sc(C(C)(C)C)cc2N)C(C)(C)C1=O.CN(C)CCN1CCN(C(=O)c2sc(C(C)(C)C)cc2[N+](=O)[O-])C(C)(C)C1=O. The van der Waals surface area contributed by atoms with Crippen molar-refractivity contribution in [2.75, 3.05) is 86.3 Å². The lowest BCUT2D eigenvalue weighted by Crippen LogP contribution is -2.65. The Morgan fingerprint density at radius 3 is 1.46 bits per heavy atom. The number of likely N-dealkylation sites (N-methyl/N-ethyl adjacent to an activating group) is 2. The lowest BCUT2D eigenvalue weighted by molar-refractivity contribution is -0.384. The molecule has 0 unspecified atom stereocenters. The molecular formula is C38H62N8O6S2. The van der Waals surface area contributed by atoms with Gasteiger partial charge in [-0.3, -0.25) is 29.3 Å². The Labute approximate surface area is 329 Å². The molecule has 54 heavy (non-hydrogen) atoms. The summed E-state index contributed by atoms with van der Waals surface area (Å²) in [5, 5.41) is 11.5. The van der Waals surface area contributed by atoms with Gasteiger partial charge in [0.2, 0.25) is 11.8 Å². The Morgan fingerprint density at radius 1 is 0.741 bits per heavy atom. The maximum absolute atomic E-state index is 13.3. The molecule has 2 N–H and O–H groups in total. The highest BCUT2D eigenvalue weighted by Crippen LogP contribution is 2.39. The first-order valence-corrected chi connectivity index (χ1v) is 20.0. The molecule has 2 aromatic heterocycles. The largest absolute Gasteiger partial charge is 0.397 e. The topological polar surface area (TPSA) is 157 Å². The Bertz CT molecular complexity index is 1720. The molecular weight excluding hydrogens is 729 g/mol. The molecule has 0 aromatic carbocycles. The van der Waals surface area contributed by atoms with Crippen LogP contribution in [0.3, 0.4) is 0 Å². The summed E-state index contributed by atoms with van der Waals surface area (Å²) in [6, 6.07) is 3.38. The predicted octanol–water partition coefficient (Wildman–Crippen LogP) is 4.83. The van der Waals surface area contributed by atoms with Crippen LogP contribution in [0.15, 0.2) is 12.1 Å². The normalized spacial score (nSPS) is 17.6. The Morgan fingerprint density at radius 2 is 1.11 bits per heavy atom. The minimum absolute atomic E-state index is 0.00915. The number of amides is 4. The number of nitrogen functional groups attached to an aromatic ring is 1. The standard InChI is InChI=1S/C19H30N4O4S.C19H32N4O2S/c1-18(2,3)14-12-13(23(26)27)15(28-14)16(24)22-11-10-21(9-8-20(6)7)17(25)19(22,4)5;1-18(2,3)14-12-13(20)15(26-14)16(24)23-11-10-22(9-8-21(6)7)17(25)19(23,4)5/h12H,8-11H2,1-7H3;12H,8-11,20H2,1-7H3. The molecule has 2 aliphatic rings. The van der Waals surface area contributed by atoms with Crippen molar-refractivity contribution >= 4 is 57.7 Å². The van der Waals surface area contributed by atoms with E-state index in [2.05, 4.69) is 25.7 Å². The number of rotatable bonds is 9. The summed E-state index contributed by atoms with van der Waals surface area (Å²) in [6.07, 6.45) is 0. The van der Waals surface area contributed by atoms with E-state index in [9.17, 15) is 29.3 Å². The molecule has 14 nitrogen and oxygen atoms in total. The van der Waals surface area contributed by atoms with Gasteiger partial charge in [-0.2, -0.15) is 0 Å². The van der Waals surface area contributed by atoms with E-state index in [4.69, 9.17) is 5.73 Å². The van der Waals surface area contributed by atoms with E-state index >= 15 is 0 Å². The van der Waals surface area contributed by atoms with Gasteiger partial charge < -0.3 is 35.1 Å². The van der Waals surface area contributed by atoms with Gasteiger partial charge in [-0.15, -0.1) is 22.7 Å². The Balaban J connectivity index is 0.000000291. The number of anilines is 1. The number of nitro groups is 1. The molecule has 2 saturated heterocycles. The fourth-order valence-electron chi connectivity index (χ4n) is 6.21. The summed E-state index contributed by atoms with van der Waals surface area (Å²) in [5.74, 6) is -0.735. The first-order chi connectivity index (χ1) is 24.6. The van der Waals surface area contributed by atoms with Crippen LogP contribution >= 0.6 is 22.7 Å². The third-order valence-corrected chi connectivity index (χ3v) is 12.9. The third kappa shape index (κ3) is 9.98. The van der Waals surface area contributed by atoms with Crippen LogP contribution in [-0.4, -0.2) is 150 Å². The molecule has 2 aliphatic heterocycles. The van der Waals surface area contributed by atoms with Crippen molar-refractivity contribution < 1.29 is 24.1 Å². The summed E-state index contributed by atoms with van der Waals surface area (Å²) in [6.45, 7) is 23.9. The number of carbonyl (C=O) groups is 4. The van der Waals surface area contributed by atoms with Crippen molar-refractivity contribution in [3.05, 3.63) is 41.8 Å². The van der Waals surface area contributed by atoms with E-state index in [0.29, 0.717) is 49.8 Å². The molecule has 0 atom stereocenters. The average Bonchev–Trinajstić information content (AvgIpc) is 3.67. The quantitative estimate of drug-likeness (QED) is 0.278. The summed E-state index contributed by atoms with van der Waals surface area (Å²) in [4.78, 5) is 76.7. The molecule has 2 fully saturated rings. The van der Waals surface area contributed by atoms with Crippen LogP contribution in [0.25, 0.3) is 0 Å².